The molecule has 9 rings (SSSR count). The van der Waals surface area contributed by atoms with Crippen LogP contribution in [0.25, 0.3) is 16.5 Å². The third-order valence-corrected chi connectivity index (χ3v) is 15.4. The first-order valence-electron chi connectivity index (χ1n) is 19.8. The molecule has 10 atom stereocenters. The van der Waals surface area contributed by atoms with Crippen molar-refractivity contribution in [2.45, 2.75) is 173 Å². The second-order valence-corrected chi connectivity index (χ2v) is 19.7. The molecule has 8 heteroatoms. The molecule has 2 N–H and O–H groups in total. The molecule has 4 fully saturated rings. The van der Waals surface area contributed by atoms with Gasteiger partial charge in [-0.25, -0.2) is 0 Å². The van der Waals surface area contributed by atoms with Gasteiger partial charge in [-0.1, -0.05) is 25.5 Å². The maximum Gasteiger partial charge on any atom is 0.303 e. The van der Waals surface area contributed by atoms with E-state index in [2.05, 4.69) is 64.7 Å². The summed E-state index contributed by atoms with van der Waals surface area (Å²) >= 11 is 0. The first-order valence-corrected chi connectivity index (χ1v) is 19.8. The minimum absolute atomic E-state index is 0.240. The highest BCUT2D eigenvalue weighted by Crippen LogP contribution is 2.75. The largest absolute Gasteiger partial charge is 0.457 e. The Morgan fingerprint density at radius 2 is 1.81 bits per heavy atom. The normalized spacial score (nSPS) is 41.7. The molecule has 4 heterocycles. The molecular formula is C44H59NO7. The molecule has 282 valence electrons. The fourth-order valence-electron chi connectivity index (χ4n) is 12.8. The average Bonchev–Trinajstić information content (AvgIpc) is 3.43. The molecule has 0 amide bonds. The van der Waals surface area contributed by atoms with Crippen molar-refractivity contribution < 1.29 is 33.6 Å². The van der Waals surface area contributed by atoms with Crippen LogP contribution in [0, 0.1) is 17.3 Å². The third-order valence-electron chi connectivity index (χ3n) is 15.4. The fourth-order valence-corrected chi connectivity index (χ4v) is 12.8. The molecule has 0 bridgehead atoms. The fraction of sp³-hybridized carbons (Fsp3) is 0.705. The van der Waals surface area contributed by atoms with Gasteiger partial charge in [-0.05, 0) is 140 Å². The number of ether oxygens (including phenoxy) is 5. The summed E-state index contributed by atoms with van der Waals surface area (Å²) in [6, 6.07) is 4.87. The van der Waals surface area contributed by atoms with Gasteiger partial charge in [0.1, 0.15) is 17.8 Å². The number of epoxide rings is 1. The summed E-state index contributed by atoms with van der Waals surface area (Å²) in [5.74, 6) is 0.348. The second-order valence-electron chi connectivity index (χ2n) is 19.7. The predicted octanol–water partition coefficient (Wildman–Crippen LogP) is 7.66. The average molecular weight is 714 g/mol. The van der Waals surface area contributed by atoms with E-state index in [4.69, 9.17) is 23.7 Å². The molecule has 2 saturated carbocycles. The minimum Gasteiger partial charge on any atom is -0.457 e. The Kier molecular flexibility index (Phi) is 7.20. The Hall–Kier alpha value is -2.49. The number of carbonyl (C=O) groups excluding carboxylic acids is 1. The maximum absolute atomic E-state index is 13.4. The van der Waals surface area contributed by atoms with E-state index in [-0.39, 0.29) is 28.7 Å². The summed E-state index contributed by atoms with van der Waals surface area (Å²) in [5.41, 5.74) is 4.93. The molecule has 1 spiro atoms. The van der Waals surface area contributed by atoms with Crippen LogP contribution in [0.15, 0.2) is 29.9 Å². The van der Waals surface area contributed by atoms with Gasteiger partial charge in [0.15, 0.2) is 11.7 Å². The molecule has 2 aromatic rings. The minimum atomic E-state index is -1.19. The van der Waals surface area contributed by atoms with E-state index in [9.17, 15) is 9.90 Å². The van der Waals surface area contributed by atoms with Crippen LogP contribution in [0.2, 0.25) is 0 Å². The lowest BCUT2D eigenvalue weighted by molar-refractivity contribution is -0.284. The smallest absolute Gasteiger partial charge is 0.303 e. The van der Waals surface area contributed by atoms with Crippen LogP contribution in [0.1, 0.15) is 124 Å². The van der Waals surface area contributed by atoms with Gasteiger partial charge >= 0.3 is 5.97 Å². The van der Waals surface area contributed by atoms with Gasteiger partial charge in [0, 0.05) is 40.3 Å². The number of esters is 1. The van der Waals surface area contributed by atoms with Crippen molar-refractivity contribution in [3.8, 4) is 0 Å². The van der Waals surface area contributed by atoms with E-state index >= 15 is 0 Å². The number of aromatic nitrogens is 1. The Balaban J connectivity index is 1.09. The molecule has 0 radical (unpaired) electrons. The van der Waals surface area contributed by atoms with Crippen molar-refractivity contribution in [1.82, 2.24) is 4.98 Å². The highest BCUT2D eigenvalue weighted by Gasteiger charge is 2.87. The van der Waals surface area contributed by atoms with Gasteiger partial charge in [-0.2, -0.15) is 0 Å². The molecule has 1 aromatic heterocycles. The number of aliphatic hydroxyl groups is 1. The lowest BCUT2D eigenvalue weighted by atomic mass is 9.40. The standard InChI is InChI=1S/C44H59NO7/c1-23(2)14-17-48-40(8,9)36-34(49-24(3)46)37-44(51-37)33(50-36)13-15-41(10)42(11)26(12-16-43(41,44)47)20-29-28-18-25-19-31-30(22-38(4,5)52-39(31,6)7)27(25)21-32(28)45-35(29)42/h14,18,21-22,26,31,33-34,36-37,45,47H,12-13,15-17,19-20H2,1-11H3/t26?,31?,33?,34?,36?,37?,41-,42-,43?,44?/m1/s1. The molecule has 1 aromatic carbocycles. The lowest BCUT2D eigenvalue weighted by Gasteiger charge is -2.66. The SMILES string of the molecule is CC(=O)OC1C(C(C)(C)OCC=C(C)C)OC2CC[C@@]3(C)C(O)(CCC4Cc5c([nH]c6cc7c(cc56)CC5C7=CC(C)(C)OC5(C)C)[C@@]43C)C23OC13. The molecular weight excluding hydrogens is 654 g/mol. The molecule has 8 nitrogen and oxygen atoms in total. The molecule has 7 aliphatic rings. The first-order chi connectivity index (χ1) is 24.2. The Morgan fingerprint density at radius 3 is 2.52 bits per heavy atom. The summed E-state index contributed by atoms with van der Waals surface area (Å²) in [6.07, 6.45) is 7.39. The Morgan fingerprint density at radius 1 is 1.06 bits per heavy atom. The number of hydrogen-bond acceptors (Lipinski definition) is 7. The number of rotatable bonds is 5. The van der Waals surface area contributed by atoms with E-state index in [1.54, 1.807) is 0 Å². The number of hydrogen-bond donors (Lipinski definition) is 2. The van der Waals surface area contributed by atoms with E-state index in [1.165, 1.54) is 51.4 Å². The maximum atomic E-state index is 13.4. The van der Waals surface area contributed by atoms with Crippen molar-refractivity contribution in [2.75, 3.05) is 6.61 Å². The highest BCUT2D eigenvalue weighted by molar-refractivity contribution is 5.92. The van der Waals surface area contributed by atoms with Gasteiger partial charge in [-0.3, -0.25) is 4.79 Å². The van der Waals surface area contributed by atoms with Crippen molar-refractivity contribution in [1.29, 1.82) is 0 Å². The molecule has 2 saturated heterocycles. The summed E-state index contributed by atoms with van der Waals surface area (Å²) < 4.78 is 32.8. The zero-order valence-corrected chi connectivity index (χ0v) is 33.1. The monoisotopic (exact) mass is 713 g/mol. The van der Waals surface area contributed by atoms with Crippen LogP contribution >= 0.6 is 0 Å². The van der Waals surface area contributed by atoms with Crippen LogP contribution < -0.4 is 0 Å². The number of fused-ring (bicyclic) bond motifs is 10. The van der Waals surface area contributed by atoms with Crippen LogP contribution in [0.4, 0.5) is 0 Å². The third kappa shape index (κ3) is 4.36. The molecule has 4 aliphatic carbocycles. The van der Waals surface area contributed by atoms with E-state index in [0.717, 1.165) is 32.1 Å². The van der Waals surface area contributed by atoms with Crippen LogP contribution in [-0.4, -0.2) is 75.1 Å². The zero-order chi connectivity index (χ0) is 37.2. The van der Waals surface area contributed by atoms with Gasteiger partial charge in [0.05, 0.1) is 29.5 Å². The number of allylic oxidation sites excluding steroid dienone is 1. The van der Waals surface area contributed by atoms with Gasteiger partial charge in [-0.15, -0.1) is 0 Å². The predicted molar refractivity (Wildman–Crippen MR) is 200 cm³/mol. The van der Waals surface area contributed by atoms with Crippen LogP contribution in [0.5, 0.6) is 0 Å². The lowest BCUT2D eigenvalue weighted by Crippen LogP contribution is -2.77. The Bertz CT molecular complexity index is 1950. The van der Waals surface area contributed by atoms with Crippen molar-refractivity contribution in [2.24, 2.45) is 17.3 Å². The topological polar surface area (TPSA) is 103 Å². The number of carbonyl (C=O) groups is 1. The second kappa shape index (κ2) is 10.6. The Labute approximate surface area is 309 Å². The molecule has 8 unspecified atom stereocenters. The summed E-state index contributed by atoms with van der Waals surface area (Å²) in [4.78, 5) is 16.6. The number of nitrogens with one attached hydrogen (secondary N) is 1. The number of H-pyrrole nitrogens is 1. The number of aromatic amines is 1. The summed E-state index contributed by atoms with van der Waals surface area (Å²) in [6.45, 7) is 23.5. The summed E-state index contributed by atoms with van der Waals surface area (Å²) in [7, 11) is 0. The van der Waals surface area contributed by atoms with E-state index in [0.29, 0.717) is 24.9 Å². The molecule has 52 heavy (non-hydrogen) atoms. The van der Waals surface area contributed by atoms with Gasteiger partial charge < -0.3 is 33.8 Å². The van der Waals surface area contributed by atoms with Gasteiger partial charge in [0.25, 0.3) is 0 Å². The van der Waals surface area contributed by atoms with Crippen molar-refractivity contribution in [3.63, 3.8) is 0 Å². The van der Waals surface area contributed by atoms with Crippen molar-refractivity contribution >= 4 is 22.4 Å². The first kappa shape index (κ1) is 35.2. The van der Waals surface area contributed by atoms with E-state index < -0.39 is 40.5 Å². The summed E-state index contributed by atoms with van der Waals surface area (Å²) in [5, 5.41) is 14.8. The highest BCUT2D eigenvalue weighted by atomic mass is 16.7. The zero-order valence-electron chi connectivity index (χ0n) is 33.1. The van der Waals surface area contributed by atoms with E-state index in [1.807, 2.05) is 33.8 Å². The number of benzene rings is 1. The van der Waals surface area contributed by atoms with Crippen LogP contribution in [0.3, 0.4) is 0 Å². The van der Waals surface area contributed by atoms with Gasteiger partial charge in [0.2, 0.25) is 0 Å². The van der Waals surface area contributed by atoms with Crippen molar-refractivity contribution in [3.05, 3.63) is 52.2 Å². The quantitative estimate of drug-likeness (QED) is 0.186. The van der Waals surface area contributed by atoms with Crippen LogP contribution in [-0.2, 0) is 46.7 Å². The molecule has 3 aliphatic heterocycles.